The molecule has 1 N–H and O–H groups in total. The van der Waals surface area contributed by atoms with E-state index in [4.69, 9.17) is 23.2 Å². The van der Waals surface area contributed by atoms with Crippen LogP contribution in [0.2, 0.25) is 10.0 Å². The van der Waals surface area contributed by atoms with Gasteiger partial charge in [0, 0.05) is 23.1 Å². The summed E-state index contributed by atoms with van der Waals surface area (Å²) in [5, 5.41) is 3.23. The van der Waals surface area contributed by atoms with Gasteiger partial charge < -0.3 is 10.2 Å². The minimum atomic E-state index is -3.85. The first-order valence-corrected chi connectivity index (χ1v) is 12.7. The first-order valence-electron chi connectivity index (χ1n) is 10.1. The molecular weight excluding hydrogens is 473 g/mol. The Hall–Kier alpha value is -2.29. The van der Waals surface area contributed by atoms with Crippen molar-refractivity contribution in [2.75, 3.05) is 23.7 Å². The van der Waals surface area contributed by atoms with Gasteiger partial charge in [-0.05, 0) is 37.1 Å². The molecule has 2 aromatic carbocycles. The summed E-state index contributed by atoms with van der Waals surface area (Å²) in [6.07, 6.45) is 1.37. The molecule has 0 saturated heterocycles. The average Bonchev–Trinajstić information content (AvgIpc) is 2.71. The zero-order valence-corrected chi connectivity index (χ0v) is 20.5. The summed E-state index contributed by atoms with van der Waals surface area (Å²) < 4.78 is 26.0. The Morgan fingerprint density at radius 2 is 1.62 bits per heavy atom. The zero-order valence-electron chi connectivity index (χ0n) is 18.2. The molecule has 7 nitrogen and oxygen atoms in total. The van der Waals surface area contributed by atoms with Crippen molar-refractivity contribution >= 4 is 50.7 Å². The third-order valence-electron chi connectivity index (χ3n) is 4.75. The zero-order chi connectivity index (χ0) is 23.9. The summed E-state index contributed by atoms with van der Waals surface area (Å²) in [5.74, 6) is -0.815. The highest BCUT2D eigenvalue weighted by atomic mass is 35.5. The van der Waals surface area contributed by atoms with Gasteiger partial charge in [-0.25, -0.2) is 8.42 Å². The lowest BCUT2D eigenvalue weighted by molar-refractivity contribution is -0.140. The molecule has 32 heavy (non-hydrogen) atoms. The fourth-order valence-electron chi connectivity index (χ4n) is 3.29. The molecule has 0 fully saturated rings. The molecule has 0 radical (unpaired) electrons. The summed E-state index contributed by atoms with van der Waals surface area (Å²) in [6.45, 7) is 3.67. The van der Waals surface area contributed by atoms with Gasteiger partial charge in [0.1, 0.15) is 12.6 Å². The van der Waals surface area contributed by atoms with Gasteiger partial charge in [-0.3, -0.25) is 13.9 Å². The number of benzene rings is 2. The van der Waals surface area contributed by atoms with E-state index in [9.17, 15) is 18.0 Å². The van der Waals surface area contributed by atoms with Crippen LogP contribution in [0.25, 0.3) is 0 Å². The minimum Gasteiger partial charge on any atom is -0.355 e. The normalized spacial score (nSPS) is 12.2. The lowest BCUT2D eigenvalue weighted by Gasteiger charge is -2.32. The number of amides is 2. The predicted octanol–water partition coefficient (Wildman–Crippen LogP) is 3.70. The van der Waals surface area contributed by atoms with Gasteiger partial charge >= 0.3 is 0 Å². The first kappa shape index (κ1) is 26.0. The first-order chi connectivity index (χ1) is 15.1. The van der Waals surface area contributed by atoms with Crippen molar-refractivity contribution in [1.82, 2.24) is 10.2 Å². The third-order valence-corrected chi connectivity index (χ3v) is 6.32. The number of carbonyl (C=O) groups is 2. The van der Waals surface area contributed by atoms with E-state index in [0.29, 0.717) is 13.0 Å². The van der Waals surface area contributed by atoms with Crippen molar-refractivity contribution in [2.24, 2.45) is 0 Å². The van der Waals surface area contributed by atoms with Crippen LogP contribution in [0.1, 0.15) is 25.8 Å². The summed E-state index contributed by atoms with van der Waals surface area (Å²) in [7, 11) is -3.85. The Labute approximate surface area is 199 Å². The number of nitrogens with one attached hydrogen (secondary N) is 1. The molecule has 0 heterocycles. The molecule has 0 spiro atoms. The molecule has 0 bridgehead atoms. The van der Waals surface area contributed by atoms with Gasteiger partial charge in [0.05, 0.1) is 11.9 Å². The summed E-state index contributed by atoms with van der Waals surface area (Å²) >= 11 is 12.1. The van der Waals surface area contributed by atoms with Crippen molar-refractivity contribution in [3.8, 4) is 0 Å². The Kier molecular flexibility index (Phi) is 9.36. The fourth-order valence-corrected chi connectivity index (χ4v) is 4.64. The van der Waals surface area contributed by atoms with Crippen LogP contribution in [0.4, 0.5) is 5.69 Å². The number of nitrogens with zero attached hydrogens (tertiary/aromatic N) is 2. The maximum Gasteiger partial charge on any atom is 0.244 e. The topological polar surface area (TPSA) is 86.8 Å². The van der Waals surface area contributed by atoms with Crippen LogP contribution >= 0.6 is 23.2 Å². The molecule has 2 aromatic rings. The van der Waals surface area contributed by atoms with Crippen molar-refractivity contribution in [3.63, 3.8) is 0 Å². The quantitative estimate of drug-likeness (QED) is 0.539. The highest BCUT2D eigenvalue weighted by Gasteiger charge is 2.31. The van der Waals surface area contributed by atoms with E-state index in [1.807, 2.05) is 30.3 Å². The third kappa shape index (κ3) is 7.12. The van der Waals surface area contributed by atoms with E-state index in [1.54, 1.807) is 13.8 Å². The Morgan fingerprint density at radius 3 is 2.12 bits per heavy atom. The van der Waals surface area contributed by atoms with E-state index in [0.717, 1.165) is 16.1 Å². The Morgan fingerprint density at radius 1 is 1.03 bits per heavy atom. The van der Waals surface area contributed by atoms with Crippen molar-refractivity contribution in [2.45, 2.75) is 32.9 Å². The molecule has 174 valence electrons. The number of anilines is 1. The molecule has 10 heteroatoms. The van der Waals surface area contributed by atoms with Crippen LogP contribution in [-0.4, -0.2) is 50.5 Å². The van der Waals surface area contributed by atoms with Crippen LogP contribution in [0.15, 0.2) is 48.5 Å². The molecule has 1 atom stereocenters. The van der Waals surface area contributed by atoms with Gasteiger partial charge in [0.2, 0.25) is 21.8 Å². The Balaban J connectivity index is 2.44. The number of likely N-dealkylation sites (N-methyl/N-ethyl adjacent to an activating group) is 1. The van der Waals surface area contributed by atoms with Crippen molar-refractivity contribution in [1.29, 1.82) is 0 Å². The number of carbonyl (C=O) groups excluding carboxylic acids is 2. The van der Waals surface area contributed by atoms with Gasteiger partial charge in [0.15, 0.2) is 0 Å². The van der Waals surface area contributed by atoms with Crippen LogP contribution in [0.3, 0.4) is 0 Å². The second kappa shape index (κ2) is 11.5. The smallest absolute Gasteiger partial charge is 0.244 e. The Bertz CT molecular complexity index is 1030. The van der Waals surface area contributed by atoms with Gasteiger partial charge in [-0.2, -0.15) is 0 Å². The summed E-state index contributed by atoms with van der Waals surface area (Å²) in [6, 6.07) is 12.8. The molecule has 0 aromatic heterocycles. The number of hydrogen-bond donors (Lipinski definition) is 1. The molecule has 2 rings (SSSR count). The van der Waals surface area contributed by atoms with E-state index in [1.165, 1.54) is 23.1 Å². The SMILES string of the molecule is CCNC(=O)C(CC)N(Cc1ccccc1)C(=O)CN(c1cc(Cl)cc(Cl)c1)S(C)(=O)=O. The molecule has 1 unspecified atom stereocenters. The lowest BCUT2D eigenvalue weighted by Crippen LogP contribution is -2.52. The van der Waals surface area contributed by atoms with Crippen LogP contribution in [0, 0.1) is 0 Å². The van der Waals surface area contributed by atoms with Crippen LogP contribution in [0.5, 0.6) is 0 Å². The molecule has 0 aliphatic carbocycles. The monoisotopic (exact) mass is 499 g/mol. The highest BCUT2D eigenvalue weighted by Crippen LogP contribution is 2.27. The minimum absolute atomic E-state index is 0.156. The second-order valence-corrected chi connectivity index (χ2v) is 10.0. The number of rotatable bonds is 10. The standard InChI is InChI=1S/C22H27Cl2N3O4S/c1-4-20(22(29)25-5-2)26(14-16-9-7-6-8-10-16)21(28)15-27(32(3,30)31)19-12-17(23)11-18(24)13-19/h6-13,20H,4-5,14-15H2,1-3H3,(H,25,29). The van der Waals surface area contributed by atoms with E-state index < -0.39 is 28.5 Å². The summed E-state index contributed by atoms with van der Waals surface area (Å²) in [4.78, 5) is 27.5. The summed E-state index contributed by atoms with van der Waals surface area (Å²) in [5.41, 5.74) is 0.990. The van der Waals surface area contributed by atoms with Gasteiger partial charge in [0.25, 0.3) is 0 Å². The van der Waals surface area contributed by atoms with Gasteiger partial charge in [-0.15, -0.1) is 0 Å². The number of sulfonamides is 1. The highest BCUT2D eigenvalue weighted by molar-refractivity contribution is 7.92. The molecule has 2 amide bonds. The molecule has 0 saturated carbocycles. The maximum atomic E-state index is 13.4. The largest absolute Gasteiger partial charge is 0.355 e. The fraction of sp³-hybridized carbons (Fsp3) is 0.364. The number of hydrogen-bond acceptors (Lipinski definition) is 4. The predicted molar refractivity (Wildman–Crippen MR) is 128 cm³/mol. The van der Waals surface area contributed by atoms with E-state index >= 15 is 0 Å². The van der Waals surface area contributed by atoms with Crippen molar-refractivity contribution in [3.05, 3.63) is 64.1 Å². The maximum absolute atomic E-state index is 13.4. The molecule has 0 aliphatic rings. The average molecular weight is 500 g/mol. The molecular formula is C22H27Cl2N3O4S. The number of halogens is 2. The molecule has 0 aliphatic heterocycles. The van der Waals surface area contributed by atoms with E-state index in [2.05, 4.69) is 5.32 Å². The van der Waals surface area contributed by atoms with Gasteiger partial charge in [-0.1, -0.05) is 60.5 Å². The van der Waals surface area contributed by atoms with E-state index in [-0.39, 0.29) is 28.2 Å². The van der Waals surface area contributed by atoms with Crippen LogP contribution < -0.4 is 9.62 Å². The van der Waals surface area contributed by atoms with Crippen molar-refractivity contribution < 1.29 is 18.0 Å². The second-order valence-electron chi connectivity index (χ2n) is 7.22. The lowest BCUT2D eigenvalue weighted by atomic mass is 10.1. The van der Waals surface area contributed by atoms with Crippen LogP contribution in [-0.2, 0) is 26.2 Å².